The summed E-state index contributed by atoms with van der Waals surface area (Å²) >= 11 is 0. The van der Waals surface area contributed by atoms with Gasteiger partial charge in [-0.1, -0.05) is 44.5 Å². The van der Waals surface area contributed by atoms with Crippen LogP contribution in [0.3, 0.4) is 0 Å². The first-order chi connectivity index (χ1) is 4.37. The fourth-order valence-electron chi connectivity index (χ4n) is 2.71. The maximum absolute atomic E-state index is 2.44. The molecule has 2 fully saturated rings. The average Bonchev–Trinajstić information content (AvgIpc) is 2.15. The van der Waals surface area contributed by atoms with Crippen LogP contribution in [0.2, 0.25) is 10.4 Å². The van der Waals surface area contributed by atoms with Gasteiger partial charge in [0.25, 0.3) is 0 Å². The van der Waals surface area contributed by atoms with Crippen LogP contribution in [0, 0.1) is 5.41 Å². The molecular weight excluding hydrogens is 118 g/mol. The van der Waals surface area contributed by atoms with Gasteiger partial charge >= 0.3 is 0 Å². The van der Waals surface area contributed by atoms with Crippen molar-refractivity contribution in [3.63, 3.8) is 0 Å². The number of hydrogen-bond donors (Lipinski definition) is 0. The molecule has 0 bridgehead atoms. The normalized spacial score (nSPS) is 48.8. The molecule has 0 unspecified atom stereocenters. The summed E-state index contributed by atoms with van der Waals surface area (Å²) in [6, 6.07) is 0. The molecule has 2 heteroatoms. The number of hydrogen-bond acceptors (Lipinski definition) is 0. The summed E-state index contributed by atoms with van der Waals surface area (Å²) in [5.74, 6) is 0. The molecule has 2 aliphatic rings. The predicted molar refractivity (Wildman–Crippen MR) is 49.4 cm³/mol. The van der Waals surface area contributed by atoms with Crippen LogP contribution in [-0.2, 0) is 0 Å². The van der Waals surface area contributed by atoms with Gasteiger partial charge in [-0.2, -0.15) is 0 Å². The molecule has 54 valence electrons. The van der Waals surface area contributed by atoms with Gasteiger partial charge in [-0.3, -0.25) is 0 Å². The van der Waals surface area contributed by atoms with Crippen LogP contribution in [0.1, 0.15) is 34.1 Å². The monoisotopic (exact) mass is 134 g/mol. The highest BCUT2D eigenvalue weighted by molar-refractivity contribution is 7.04. The Balaban J connectivity index is 1.95. The van der Waals surface area contributed by atoms with Crippen molar-refractivity contribution in [2.24, 2.45) is 5.41 Å². The zero-order valence-electron chi connectivity index (χ0n) is 7.62. The molecule has 0 aromatic rings. The molecule has 0 radical (unpaired) electrons. The Hall–Kier alpha value is 0.130. The number of rotatable bonds is 1. The Morgan fingerprint density at radius 1 is 1.20 bits per heavy atom. The molecule has 2 rings (SSSR count). The highest BCUT2D eigenvalue weighted by Gasteiger charge is 2.80. The minimum Gasteiger partial charge on any atom is -0.0883 e. The summed E-state index contributed by atoms with van der Waals surface area (Å²) in [5.41, 5.74) is 0.564. The highest BCUT2D eigenvalue weighted by Crippen LogP contribution is 2.87. The van der Waals surface area contributed by atoms with Gasteiger partial charge in [0.05, 0.1) is 0 Å². The minimum absolute atomic E-state index is 0.564. The van der Waals surface area contributed by atoms with Gasteiger partial charge in [0.2, 0.25) is 0 Å². The lowest BCUT2D eigenvalue weighted by molar-refractivity contribution is 0.375. The van der Waals surface area contributed by atoms with E-state index in [1.165, 1.54) is 21.0 Å². The molecule has 0 saturated carbocycles. The van der Waals surface area contributed by atoms with E-state index < -0.39 is 0 Å². The SMILES string of the molecule is CC(C)(C)CC12BC1(C)B2. The molecule has 2 saturated heterocycles. The zero-order chi connectivity index (χ0) is 7.62. The van der Waals surface area contributed by atoms with Crippen LogP contribution in [0.25, 0.3) is 0 Å². The van der Waals surface area contributed by atoms with Crippen molar-refractivity contribution in [2.45, 2.75) is 44.5 Å². The third-order valence-electron chi connectivity index (χ3n) is 3.36. The van der Waals surface area contributed by atoms with Gasteiger partial charge in [-0.25, -0.2) is 0 Å². The molecule has 0 aromatic heterocycles. The van der Waals surface area contributed by atoms with Gasteiger partial charge in [0.15, 0.2) is 0 Å². The van der Waals surface area contributed by atoms with Crippen molar-refractivity contribution in [1.29, 1.82) is 0 Å². The van der Waals surface area contributed by atoms with Crippen LogP contribution in [0.5, 0.6) is 0 Å². The fraction of sp³-hybridized carbons (Fsp3) is 1.00. The molecule has 2 heterocycles. The molecule has 0 aliphatic carbocycles. The van der Waals surface area contributed by atoms with E-state index in [1.54, 1.807) is 0 Å². The quantitative estimate of drug-likeness (QED) is 0.477. The Kier molecular flexibility index (Phi) is 0.921. The van der Waals surface area contributed by atoms with E-state index in [4.69, 9.17) is 0 Å². The first-order valence-corrected chi connectivity index (χ1v) is 4.37. The minimum atomic E-state index is 0.564. The van der Waals surface area contributed by atoms with Crippen molar-refractivity contribution in [3.05, 3.63) is 0 Å². The molecule has 0 atom stereocenters. The Morgan fingerprint density at radius 3 is 1.70 bits per heavy atom. The van der Waals surface area contributed by atoms with Gasteiger partial charge < -0.3 is 0 Å². The second-order valence-corrected chi connectivity index (χ2v) is 5.93. The van der Waals surface area contributed by atoms with E-state index in [-0.39, 0.29) is 0 Å². The van der Waals surface area contributed by atoms with Crippen molar-refractivity contribution >= 4 is 14.6 Å². The predicted octanol–water partition coefficient (Wildman–Crippen LogP) is 1.58. The summed E-state index contributed by atoms with van der Waals surface area (Å²) < 4.78 is 0. The lowest BCUT2D eigenvalue weighted by Gasteiger charge is -2.20. The molecule has 2 aliphatic heterocycles. The third-order valence-corrected chi connectivity index (χ3v) is 3.36. The molecule has 0 aromatic carbocycles. The maximum Gasteiger partial charge on any atom is 0.116 e. The largest absolute Gasteiger partial charge is 0.116 e. The maximum atomic E-state index is 2.44. The zero-order valence-corrected chi connectivity index (χ0v) is 7.62. The molecule has 0 amide bonds. The molecule has 0 nitrogen and oxygen atoms in total. The van der Waals surface area contributed by atoms with Crippen molar-refractivity contribution in [3.8, 4) is 0 Å². The molecule has 0 N–H and O–H groups in total. The summed E-state index contributed by atoms with van der Waals surface area (Å²) in [6.45, 7) is 9.52. The average molecular weight is 134 g/mol. The van der Waals surface area contributed by atoms with E-state index >= 15 is 0 Å². The Bertz CT molecular complexity index is 172. The van der Waals surface area contributed by atoms with Gasteiger partial charge in [0.1, 0.15) is 14.6 Å². The Morgan fingerprint density at radius 2 is 1.60 bits per heavy atom. The van der Waals surface area contributed by atoms with Gasteiger partial charge in [0, 0.05) is 0 Å². The highest BCUT2D eigenvalue weighted by atomic mass is 14.6. The van der Waals surface area contributed by atoms with Gasteiger partial charge in [-0.15, -0.1) is 0 Å². The third kappa shape index (κ3) is 0.773. The van der Waals surface area contributed by atoms with Crippen molar-refractivity contribution in [2.75, 3.05) is 0 Å². The summed E-state index contributed by atoms with van der Waals surface area (Å²) in [4.78, 5) is 0. The van der Waals surface area contributed by atoms with Gasteiger partial charge in [-0.05, 0) is 5.41 Å². The fourth-order valence-corrected chi connectivity index (χ4v) is 2.71. The molecular formula is C8H16B2. The van der Waals surface area contributed by atoms with E-state index in [0.29, 0.717) is 5.41 Å². The van der Waals surface area contributed by atoms with Crippen LogP contribution < -0.4 is 0 Å². The van der Waals surface area contributed by atoms with Crippen molar-refractivity contribution in [1.82, 2.24) is 0 Å². The van der Waals surface area contributed by atoms with E-state index in [2.05, 4.69) is 27.7 Å². The van der Waals surface area contributed by atoms with E-state index in [0.717, 1.165) is 10.4 Å². The summed E-state index contributed by atoms with van der Waals surface area (Å²) in [5, 5.41) is 1.66. The van der Waals surface area contributed by atoms with E-state index in [1.807, 2.05) is 0 Å². The molecule has 0 spiro atoms. The van der Waals surface area contributed by atoms with Crippen LogP contribution >= 0.6 is 0 Å². The first-order valence-electron chi connectivity index (χ1n) is 4.37. The Labute approximate surface area is 65.3 Å². The topological polar surface area (TPSA) is 0 Å². The first kappa shape index (κ1) is 6.82. The second kappa shape index (κ2) is 1.35. The smallest absolute Gasteiger partial charge is 0.0883 e. The van der Waals surface area contributed by atoms with Crippen molar-refractivity contribution < 1.29 is 0 Å². The van der Waals surface area contributed by atoms with E-state index in [9.17, 15) is 0 Å². The number of fused-ring (bicyclic) bond motifs is 1. The lowest BCUT2D eigenvalue weighted by atomic mass is 9.49. The summed E-state index contributed by atoms with van der Waals surface area (Å²) in [6.07, 6.45) is 1.45. The lowest BCUT2D eigenvalue weighted by Crippen LogP contribution is -2.09. The van der Waals surface area contributed by atoms with Crippen LogP contribution in [0.4, 0.5) is 0 Å². The standard InChI is InChI=1S/C8H16B2/c1-6(2,3)5-8-7(4,9-8)10-8/h9-10H,5H2,1-4H3. The van der Waals surface area contributed by atoms with Crippen LogP contribution in [0.15, 0.2) is 0 Å². The molecule has 10 heavy (non-hydrogen) atoms. The van der Waals surface area contributed by atoms with Crippen LogP contribution in [-0.4, -0.2) is 14.6 Å². The second-order valence-electron chi connectivity index (χ2n) is 5.93. The summed E-state index contributed by atoms with van der Waals surface area (Å²) in [7, 11) is 3.05.